The molecule has 246 valence electrons. The third-order valence-electron chi connectivity index (χ3n) is 9.49. The lowest BCUT2D eigenvalue weighted by molar-refractivity contribution is -0.146. The number of unbranched alkanes of at least 4 members (excludes halogenated alkanes) is 2. The molecule has 1 saturated heterocycles. The van der Waals surface area contributed by atoms with E-state index in [9.17, 15) is 14.4 Å². The molecule has 2 fully saturated rings. The normalized spacial score (nSPS) is 19.2. The molecular weight excluding hydrogens is 568 g/mol. The fraction of sp³-hybridized carbons (Fsp3) is 0.583. The lowest BCUT2D eigenvalue weighted by atomic mass is 9.85. The molecule has 2 amide bonds. The minimum absolute atomic E-state index is 0.0661. The summed E-state index contributed by atoms with van der Waals surface area (Å²) in [5.41, 5.74) is 2.74. The van der Waals surface area contributed by atoms with Crippen LogP contribution >= 0.6 is 0 Å². The van der Waals surface area contributed by atoms with Crippen LogP contribution in [0.1, 0.15) is 64.2 Å². The summed E-state index contributed by atoms with van der Waals surface area (Å²) in [6, 6.07) is 18.3. The second-order valence-corrected chi connectivity index (χ2v) is 12.6. The number of ether oxygens (including phenoxy) is 2. The summed E-state index contributed by atoms with van der Waals surface area (Å²) in [5.74, 6) is 0.204. The Morgan fingerprint density at radius 1 is 0.844 bits per heavy atom. The molecule has 1 saturated carbocycles. The molecule has 4 rings (SSSR count). The Morgan fingerprint density at radius 3 is 2.24 bits per heavy atom. The molecule has 2 aromatic carbocycles. The van der Waals surface area contributed by atoms with Crippen LogP contribution in [0, 0.1) is 5.92 Å². The molecular formula is C36H52N4O5. The number of anilines is 1. The van der Waals surface area contributed by atoms with Crippen molar-refractivity contribution >= 4 is 23.7 Å². The number of likely N-dealkylation sites (tertiary alicyclic amines) is 1. The molecule has 2 aliphatic rings. The second-order valence-electron chi connectivity index (χ2n) is 12.6. The first-order chi connectivity index (χ1) is 21.8. The summed E-state index contributed by atoms with van der Waals surface area (Å²) in [4.78, 5) is 43.8. The van der Waals surface area contributed by atoms with E-state index < -0.39 is 6.09 Å². The standard InChI is InChI=1S/C36H52N4O5/c1-38(30-19-17-29(18-20-30)35(42)44-3)23-11-5-8-16-34(41)39(2)26-27-40-24-21-31(22-25-40)45-36(43)37-33-15-10-9-14-32(33)28-12-6-4-7-13-28/h4,6-7,9-10,12-15,29-31H,5,8,11,16-27H2,1-3H3,(H,37,43). The van der Waals surface area contributed by atoms with Gasteiger partial charge in [0.05, 0.1) is 18.7 Å². The van der Waals surface area contributed by atoms with Gasteiger partial charge in [0.15, 0.2) is 0 Å². The van der Waals surface area contributed by atoms with E-state index >= 15 is 0 Å². The molecule has 0 aromatic heterocycles. The molecule has 9 heteroatoms. The first-order valence-electron chi connectivity index (χ1n) is 16.7. The van der Waals surface area contributed by atoms with Crippen LogP contribution in [0.5, 0.6) is 0 Å². The van der Waals surface area contributed by atoms with Gasteiger partial charge in [-0.05, 0) is 76.6 Å². The number of amides is 2. The number of methoxy groups -OCH3 is 1. The van der Waals surface area contributed by atoms with E-state index in [0.717, 1.165) is 101 Å². The topological polar surface area (TPSA) is 91.4 Å². The van der Waals surface area contributed by atoms with Crippen molar-refractivity contribution in [2.45, 2.75) is 76.4 Å². The van der Waals surface area contributed by atoms with E-state index in [1.807, 2.05) is 66.5 Å². The van der Waals surface area contributed by atoms with Gasteiger partial charge in [-0.1, -0.05) is 55.0 Å². The largest absolute Gasteiger partial charge is 0.469 e. The van der Waals surface area contributed by atoms with Crippen molar-refractivity contribution in [3.05, 3.63) is 54.6 Å². The Morgan fingerprint density at radius 2 is 1.53 bits per heavy atom. The summed E-state index contributed by atoms with van der Waals surface area (Å²) in [5, 5.41) is 2.94. The van der Waals surface area contributed by atoms with Crippen molar-refractivity contribution in [2.75, 3.05) is 59.2 Å². The SMILES string of the molecule is COC(=O)C1CCC(N(C)CCCCCC(=O)N(C)CCN2CCC(OC(=O)Nc3ccccc3-c3ccccc3)CC2)CC1. The number of para-hydroxylation sites is 1. The zero-order valence-corrected chi connectivity index (χ0v) is 27.4. The van der Waals surface area contributed by atoms with Gasteiger partial charge in [-0.2, -0.15) is 0 Å². The highest BCUT2D eigenvalue weighted by Gasteiger charge is 2.28. The minimum atomic E-state index is -0.420. The van der Waals surface area contributed by atoms with Gasteiger partial charge in [-0.25, -0.2) is 4.79 Å². The van der Waals surface area contributed by atoms with Crippen molar-refractivity contribution in [3.8, 4) is 11.1 Å². The maximum atomic E-state index is 12.7. The summed E-state index contributed by atoms with van der Waals surface area (Å²) >= 11 is 0. The average molecular weight is 621 g/mol. The molecule has 0 spiro atoms. The predicted molar refractivity (Wildman–Crippen MR) is 178 cm³/mol. The highest BCUT2D eigenvalue weighted by molar-refractivity contribution is 5.91. The highest BCUT2D eigenvalue weighted by atomic mass is 16.6. The fourth-order valence-corrected chi connectivity index (χ4v) is 6.53. The Balaban J connectivity index is 1.05. The quantitative estimate of drug-likeness (QED) is 0.203. The number of hydrogen-bond acceptors (Lipinski definition) is 7. The summed E-state index contributed by atoms with van der Waals surface area (Å²) < 4.78 is 10.7. The summed E-state index contributed by atoms with van der Waals surface area (Å²) in [6.45, 7) is 4.25. The average Bonchev–Trinajstić information content (AvgIpc) is 3.07. The summed E-state index contributed by atoms with van der Waals surface area (Å²) in [7, 11) is 5.55. The molecule has 1 N–H and O–H groups in total. The second kappa shape index (κ2) is 17.9. The van der Waals surface area contributed by atoms with Gasteiger partial charge in [0.1, 0.15) is 6.10 Å². The number of piperidine rings is 1. The van der Waals surface area contributed by atoms with Gasteiger partial charge in [0, 0.05) is 51.3 Å². The third kappa shape index (κ3) is 10.9. The fourth-order valence-electron chi connectivity index (χ4n) is 6.53. The minimum Gasteiger partial charge on any atom is -0.469 e. The predicted octanol–water partition coefficient (Wildman–Crippen LogP) is 6.05. The Bertz CT molecular complexity index is 1210. The molecule has 0 bridgehead atoms. The Labute approximate surface area is 269 Å². The van der Waals surface area contributed by atoms with Crippen LogP contribution in [-0.2, 0) is 19.1 Å². The molecule has 1 aliphatic heterocycles. The van der Waals surface area contributed by atoms with Crippen molar-refractivity contribution in [2.24, 2.45) is 5.92 Å². The van der Waals surface area contributed by atoms with Gasteiger partial charge >= 0.3 is 12.1 Å². The third-order valence-corrected chi connectivity index (χ3v) is 9.49. The van der Waals surface area contributed by atoms with Crippen LogP contribution in [0.3, 0.4) is 0 Å². The molecule has 2 aromatic rings. The smallest absolute Gasteiger partial charge is 0.411 e. The molecule has 45 heavy (non-hydrogen) atoms. The lowest BCUT2D eigenvalue weighted by Crippen LogP contribution is -2.42. The molecule has 9 nitrogen and oxygen atoms in total. The Kier molecular flexibility index (Phi) is 13.7. The summed E-state index contributed by atoms with van der Waals surface area (Å²) in [6.07, 6.45) is 8.57. The van der Waals surface area contributed by atoms with E-state index in [1.165, 1.54) is 7.11 Å². The lowest BCUT2D eigenvalue weighted by Gasteiger charge is -2.33. The zero-order valence-electron chi connectivity index (χ0n) is 27.4. The van der Waals surface area contributed by atoms with Crippen LogP contribution in [-0.4, -0.2) is 98.7 Å². The highest BCUT2D eigenvalue weighted by Crippen LogP contribution is 2.29. The van der Waals surface area contributed by atoms with Gasteiger partial charge in [0.2, 0.25) is 5.91 Å². The van der Waals surface area contributed by atoms with Gasteiger partial charge in [-0.15, -0.1) is 0 Å². The number of rotatable bonds is 14. The molecule has 1 aliphatic carbocycles. The van der Waals surface area contributed by atoms with Crippen molar-refractivity contribution < 1.29 is 23.9 Å². The van der Waals surface area contributed by atoms with E-state index in [4.69, 9.17) is 9.47 Å². The number of carbonyl (C=O) groups is 3. The zero-order chi connectivity index (χ0) is 32.0. The van der Waals surface area contributed by atoms with Crippen LogP contribution < -0.4 is 5.32 Å². The maximum Gasteiger partial charge on any atom is 0.411 e. The molecule has 0 atom stereocenters. The van der Waals surface area contributed by atoms with Crippen molar-refractivity contribution in [3.63, 3.8) is 0 Å². The van der Waals surface area contributed by atoms with E-state index in [-0.39, 0.29) is 23.9 Å². The van der Waals surface area contributed by atoms with Crippen LogP contribution in [0.25, 0.3) is 11.1 Å². The monoisotopic (exact) mass is 620 g/mol. The number of nitrogens with zero attached hydrogens (tertiary/aromatic N) is 3. The Hall–Kier alpha value is -3.43. The van der Waals surface area contributed by atoms with E-state index in [0.29, 0.717) is 19.0 Å². The number of esters is 1. The molecule has 0 unspecified atom stereocenters. The number of benzene rings is 2. The number of nitrogens with one attached hydrogen (secondary N) is 1. The van der Waals surface area contributed by atoms with E-state index in [2.05, 4.69) is 22.2 Å². The van der Waals surface area contributed by atoms with Crippen LogP contribution in [0.2, 0.25) is 0 Å². The number of carbonyl (C=O) groups excluding carboxylic acids is 3. The van der Waals surface area contributed by atoms with Crippen molar-refractivity contribution in [1.82, 2.24) is 14.7 Å². The van der Waals surface area contributed by atoms with Crippen molar-refractivity contribution in [1.29, 1.82) is 0 Å². The number of hydrogen-bond donors (Lipinski definition) is 1. The van der Waals surface area contributed by atoms with Gasteiger partial charge in [0.25, 0.3) is 0 Å². The maximum absolute atomic E-state index is 12.7. The van der Waals surface area contributed by atoms with Crippen LogP contribution in [0.15, 0.2) is 54.6 Å². The number of likely N-dealkylation sites (N-methyl/N-ethyl adjacent to an activating group) is 1. The van der Waals surface area contributed by atoms with E-state index in [1.54, 1.807) is 0 Å². The van der Waals surface area contributed by atoms with Gasteiger partial charge in [-0.3, -0.25) is 14.9 Å². The first-order valence-corrected chi connectivity index (χ1v) is 16.7. The molecule has 1 heterocycles. The first kappa shape index (κ1) is 34.4. The molecule has 0 radical (unpaired) electrons. The van der Waals surface area contributed by atoms with Crippen LogP contribution in [0.4, 0.5) is 10.5 Å². The van der Waals surface area contributed by atoms with Gasteiger partial charge < -0.3 is 24.2 Å².